The summed E-state index contributed by atoms with van der Waals surface area (Å²) in [6, 6.07) is 9.37. The first kappa shape index (κ1) is 24.2. The van der Waals surface area contributed by atoms with Crippen LogP contribution in [-0.4, -0.2) is 62.6 Å². The Morgan fingerprint density at radius 1 is 1.19 bits per heavy atom. The van der Waals surface area contributed by atoms with Crippen LogP contribution < -0.4 is 10.6 Å². The van der Waals surface area contributed by atoms with Gasteiger partial charge in [0.05, 0.1) is 0 Å². The van der Waals surface area contributed by atoms with Crippen LogP contribution in [0.2, 0.25) is 0 Å². The second-order valence-electron chi connectivity index (χ2n) is 7.45. The Labute approximate surface area is 183 Å². The van der Waals surface area contributed by atoms with Crippen molar-refractivity contribution in [3.8, 4) is 0 Å². The lowest BCUT2D eigenvalue weighted by atomic mass is 10.0. The molecule has 154 valence electrons. The molecule has 6 heteroatoms. The van der Waals surface area contributed by atoms with Gasteiger partial charge in [-0.2, -0.15) is 0 Å². The summed E-state index contributed by atoms with van der Waals surface area (Å²) in [7, 11) is 6.06. The molecule has 1 atom stereocenters. The first-order valence-electron chi connectivity index (χ1n) is 10.0. The average Bonchev–Trinajstić information content (AvgIpc) is 2.65. The van der Waals surface area contributed by atoms with Crippen molar-refractivity contribution in [1.29, 1.82) is 0 Å². The van der Waals surface area contributed by atoms with E-state index < -0.39 is 0 Å². The summed E-state index contributed by atoms with van der Waals surface area (Å²) in [6.45, 7) is 7.33. The van der Waals surface area contributed by atoms with Crippen molar-refractivity contribution in [2.45, 2.75) is 51.7 Å². The third kappa shape index (κ3) is 8.35. The number of aliphatic imine (C=N–C) groups is 1. The predicted molar refractivity (Wildman–Crippen MR) is 127 cm³/mol. The molecule has 0 radical (unpaired) electrons. The lowest BCUT2D eigenvalue weighted by molar-refractivity contribution is 0.147. The standard InChI is InChI=1S/C21H37N5.HI/c1-5-20-12-8-9-14-26(20)15-13-23-21(22-2)24-16-18-10-6-7-11-19(18)17-25(3)4;/h6-7,10-11,20H,5,8-9,12-17H2,1-4H3,(H2,22,23,24);1H. The normalized spacial score (nSPS) is 18.3. The predicted octanol–water partition coefficient (Wildman–Crippen LogP) is 3.30. The summed E-state index contributed by atoms with van der Waals surface area (Å²) in [6.07, 6.45) is 5.34. The fraction of sp³-hybridized carbons (Fsp3) is 0.667. The molecule has 27 heavy (non-hydrogen) atoms. The number of rotatable bonds is 8. The van der Waals surface area contributed by atoms with E-state index in [1.54, 1.807) is 0 Å². The van der Waals surface area contributed by atoms with Gasteiger partial charge in [-0.05, 0) is 51.0 Å². The number of hydrogen-bond acceptors (Lipinski definition) is 3. The largest absolute Gasteiger partial charge is 0.355 e. The first-order chi connectivity index (χ1) is 12.6. The van der Waals surface area contributed by atoms with Gasteiger partial charge in [-0.1, -0.05) is 37.6 Å². The molecule has 2 rings (SSSR count). The molecule has 5 nitrogen and oxygen atoms in total. The van der Waals surface area contributed by atoms with Gasteiger partial charge >= 0.3 is 0 Å². The number of nitrogens with one attached hydrogen (secondary N) is 2. The smallest absolute Gasteiger partial charge is 0.191 e. The summed E-state index contributed by atoms with van der Waals surface area (Å²) in [5.74, 6) is 0.884. The van der Waals surface area contributed by atoms with Gasteiger partial charge in [0.1, 0.15) is 0 Å². The minimum Gasteiger partial charge on any atom is -0.355 e. The number of benzene rings is 1. The Morgan fingerprint density at radius 2 is 1.93 bits per heavy atom. The lowest BCUT2D eigenvalue weighted by Crippen LogP contribution is -2.45. The zero-order chi connectivity index (χ0) is 18.8. The molecule has 0 spiro atoms. The summed E-state index contributed by atoms with van der Waals surface area (Å²) >= 11 is 0. The Hall–Kier alpha value is -0.860. The summed E-state index contributed by atoms with van der Waals surface area (Å²) in [5, 5.41) is 6.94. The lowest BCUT2D eigenvalue weighted by Gasteiger charge is -2.35. The van der Waals surface area contributed by atoms with E-state index in [0.29, 0.717) is 0 Å². The molecule has 1 aromatic carbocycles. The Balaban J connectivity index is 0.00000364. The highest BCUT2D eigenvalue weighted by Crippen LogP contribution is 2.18. The molecule has 0 amide bonds. The highest BCUT2D eigenvalue weighted by Gasteiger charge is 2.19. The van der Waals surface area contributed by atoms with Crippen molar-refractivity contribution in [3.63, 3.8) is 0 Å². The SMILES string of the molecule is CCC1CCCCN1CCNC(=NC)NCc1ccccc1CN(C)C.I. The number of guanidine groups is 1. The topological polar surface area (TPSA) is 42.9 Å². The van der Waals surface area contributed by atoms with Crippen molar-refractivity contribution in [2.75, 3.05) is 40.8 Å². The molecule has 0 aromatic heterocycles. The van der Waals surface area contributed by atoms with Gasteiger partial charge in [-0.25, -0.2) is 0 Å². The Morgan fingerprint density at radius 3 is 2.59 bits per heavy atom. The molecule has 1 saturated heterocycles. The zero-order valence-electron chi connectivity index (χ0n) is 17.5. The number of piperidine rings is 1. The van der Waals surface area contributed by atoms with E-state index in [0.717, 1.165) is 38.2 Å². The van der Waals surface area contributed by atoms with E-state index in [2.05, 4.69) is 70.7 Å². The minimum atomic E-state index is 0. The van der Waals surface area contributed by atoms with Crippen LogP contribution >= 0.6 is 24.0 Å². The summed E-state index contributed by atoms with van der Waals surface area (Å²) in [4.78, 5) is 9.22. The van der Waals surface area contributed by atoms with Crippen molar-refractivity contribution in [3.05, 3.63) is 35.4 Å². The van der Waals surface area contributed by atoms with Gasteiger partial charge in [0.2, 0.25) is 0 Å². The molecular weight excluding hydrogens is 449 g/mol. The maximum absolute atomic E-state index is 4.38. The monoisotopic (exact) mass is 487 g/mol. The first-order valence-corrected chi connectivity index (χ1v) is 10.0. The van der Waals surface area contributed by atoms with Crippen LogP contribution in [0.1, 0.15) is 43.7 Å². The molecule has 1 heterocycles. The Kier molecular flexibility index (Phi) is 11.9. The van der Waals surface area contributed by atoms with Gasteiger partial charge in [-0.15, -0.1) is 24.0 Å². The number of nitrogens with zero attached hydrogens (tertiary/aromatic N) is 3. The minimum absolute atomic E-state index is 0. The van der Waals surface area contributed by atoms with Crippen molar-refractivity contribution in [1.82, 2.24) is 20.4 Å². The fourth-order valence-electron chi connectivity index (χ4n) is 3.76. The fourth-order valence-corrected chi connectivity index (χ4v) is 3.76. The number of hydrogen-bond donors (Lipinski definition) is 2. The third-order valence-corrected chi connectivity index (χ3v) is 5.19. The van der Waals surface area contributed by atoms with Crippen LogP contribution in [0.5, 0.6) is 0 Å². The molecule has 1 fully saturated rings. The van der Waals surface area contributed by atoms with E-state index in [1.807, 2.05) is 7.05 Å². The van der Waals surface area contributed by atoms with Crippen LogP contribution in [0, 0.1) is 0 Å². The second kappa shape index (κ2) is 13.3. The van der Waals surface area contributed by atoms with E-state index in [-0.39, 0.29) is 24.0 Å². The molecule has 0 aliphatic carbocycles. The van der Waals surface area contributed by atoms with Crippen LogP contribution in [0.4, 0.5) is 0 Å². The zero-order valence-corrected chi connectivity index (χ0v) is 19.8. The van der Waals surface area contributed by atoms with Crippen LogP contribution in [0.25, 0.3) is 0 Å². The Bertz CT molecular complexity index is 561. The molecule has 1 aliphatic heterocycles. The summed E-state index contributed by atoms with van der Waals surface area (Å²) < 4.78 is 0. The second-order valence-corrected chi connectivity index (χ2v) is 7.45. The number of halogens is 1. The number of likely N-dealkylation sites (tertiary alicyclic amines) is 1. The van der Waals surface area contributed by atoms with Crippen LogP contribution in [-0.2, 0) is 13.1 Å². The van der Waals surface area contributed by atoms with Crippen LogP contribution in [0.3, 0.4) is 0 Å². The summed E-state index contributed by atoms with van der Waals surface area (Å²) in [5.41, 5.74) is 2.69. The molecule has 1 unspecified atom stereocenters. The van der Waals surface area contributed by atoms with Crippen LogP contribution in [0.15, 0.2) is 29.3 Å². The van der Waals surface area contributed by atoms with Gasteiger partial charge in [0, 0.05) is 39.3 Å². The molecule has 1 aromatic rings. The third-order valence-electron chi connectivity index (χ3n) is 5.19. The molecule has 0 bridgehead atoms. The molecular formula is C21H38IN5. The average molecular weight is 487 g/mol. The van der Waals surface area contributed by atoms with Gasteiger partial charge in [0.15, 0.2) is 5.96 Å². The van der Waals surface area contributed by atoms with E-state index >= 15 is 0 Å². The van der Waals surface area contributed by atoms with Crippen molar-refractivity contribution < 1.29 is 0 Å². The van der Waals surface area contributed by atoms with E-state index in [9.17, 15) is 0 Å². The van der Waals surface area contributed by atoms with Gasteiger partial charge in [-0.3, -0.25) is 9.89 Å². The van der Waals surface area contributed by atoms with Crippen molar-refractivity contribution in [2.24, 2.45) is 4.99 Å². The quantitative estimate of drug-likeness (QED) is 0.336. The highest BCUT2D eigenvalue weighted by atomic mass is 127. The van der Waals surface area contributed by atoms with E-state index in [4.69, 9.17) is 0 Å². The molecule has 2 N–H and O–H groups in total. The maximum Gasteiger partial charge on any atom is 0.191 e. The molecule has 0 saturated carbocycles. The van der Waals surface area contributed by atoms with E-state index in [1.165, 1.54) is 43.4 Å². The van der Waals surface area contributed by atoms with Gasteiger partial charge < -0.3 is 15.5 Å². The molecule has 1 aliphatic rings. The van der Waals surface area contributed by atoms with Gasteiger partial charge in [0.25, 0.3) is 0 Å². The maximum atomic E-state index is 4.38. The highest BCUT2D eigenvalue weighted by molar-refractivity contribution is 14.0. The van der Waals surface area contributed by atoms with Crippen molar-refractivity contribution >= 4 is 29.9 Å².